The highest BCUT2D eigenvalue weighted by atomic mass is 79.9. The van der Waals surface area contributed by atoms with Crippen LogP contribution < -0.4 is 0 Å². The number of pyridine rings is 1. The molecule has 0 spiro atoms. The Bertz CT molecular complexity index is 304. The Balaban J connectivity index is 2.12. The van der Waals surface area contributed by atoms with E-state index in [1.54, 1.807) is 6.20 Å². The highest BCUT2D eigenvalue weighted by Gasteiger charge is 1.96. The van der Waals surface area contributed by atoms with Crippen LogP contribution in [0, 0.1) is 0 Å². The van der Waals surface area contributed by atoms with Crippen molar-refractivity contribution in [2.24, 2.45) is 0 Å². The van der Waals surface area contributed by atoms with Gasteiger partial charge in [-0.1, -0.05) is 15.9 Å². The van der Waals surface area contributed by atoms with Crippen LogP contribution in [0.2, 0.25) is 0 Å². The molecule has 0 bridgehead atoms. The summed E-state index contributed by atoms with van der Waals surface area (Å²) in [6.07, 6.45) is 5.83. The van der Waals surface area contributed by atoms with Gasteiger partial charge in [-0.15, -0.1) is 0 Å². The van der Waals surface area contributed by atoms with Crippen molar-refractivity contribution in [3.63, 3.8) is 0 Å². The van der Waals surface area contributed by atoms with Crippen LogP contribution in [0.25, 0.3) is 0 Å². The fourth-order valence-corrected chi connectivity index (χ4v) is 1.68. The highest BCUT2D eigenvalue weighted by molar-refractivity contribution is 9.10. The largest absolute Gasteiger partial charge is 0.468 e. The predicted octanol–water partition coefficient (Wildman–Crippen LogP) is 2.73. The van der Waals surface area contributed by atoms with Gasteiger partial charge in [-0.3, -0.25) is 9.78 Å². The Hall–Kier alpha value is -0.900. The molecular weight excluding hydrogens is 258 g/mol. The van der Waals surface area contributed by atoms with E-state index in [0.29, 0.717) is 13.1 Å². The van der Waals surface area contributed by atoms with Crippen LogP contribution in [0.1, 0.15) is 25.0 Å². The molecule has 1 heterocycles. The molecule has 0 amide bonds. The van der Waals surface area contributed by atoms with Gasteiger partial charge in [0.15, 0.2) is 0 Å². The third-order valence-electron chi connectivity index (χ3n) is 2.04. The Kier molecular flexibility index (Phi) is 6.00. The van der Waals surface area contributed by atoms with E-state index in [4.69, 9.17) is 0 Å². The van der Waals surface area contributed by atoms with E-state index in [0.717, 1.165) is 35.8 Å². The smallest absolute Gasteiger partial charge is 0.293 e. The maximum absolute atomic E-state index is 9.86. The summed E-state index contributed by atoms with van der Waals surface area (Å²) in [4.78, 5) is 14.1. The number of nitrogens with zero attached hydrogens (tertiary/aromatic N) is 1. The molecule has 0 aliphatic rings. The Morgan fingerprint density at radius 1 is 1.40 bits per heavy atom. The molecular formula is C11H14BrNO2. The van der Waals surface area contributed by atoms with Crippen molar-refractivity contribution in [3.05, 3.63) is 28.5 Å². The molecule has 3 nitrogen and oxygen atoms in total. The molecule has 1 aromatic rings. The van der Waals surface area contributed by atoms with Crippen molar-refractivity contribution in [1.29, 1.82) is 0 Å². The first kappa shape index (κ1) is 12.2. The van der Waals surface area contributed by atoms with Crippen LogP contribution in [-0.2, 0) is 16.0 Å². The zero-order valence-corrected chi connectivity index (χ0v) is 10.1. The van der Waals surface area contributed by atoms with Gasteiger partial charge in [0.05, 0.1) is 6.61 Å². The number of unbranched alkanes of at least 4 members (excludes halogenated alkanes) is 2. The van der Waals surface area contributed by atoms with Gasteiger partial charge in [0, 0.05) is 16.4 Å². The number of aryl methyl sites for hydroxylation is 1. The van der Waals surface area contributed by atoms with Crippen LogP contribution in [0.5, 0.6) is 0 Å². The van der Waals surface area contributed by atoms with E-state index in [1.165, 1.54) is 0 Å². The summed E-state index contributed by atoms with van der Waals surface area (Å²) in [6.45, 7) is 1.02. The van der Waals surface area contributed by atoms with Crippen molar-refractivity contribution in [1.82, 2.24) is 4.98 Å². The van der Waals surface area contributed by atoms with Gasteiger partial charge < -0.3 is 4.74 Å². The Morgan fingerprint density at radius 2 is 2.27 bits per heavy atom. The fourth-order valence-electron chi connectivity index (χ4n) is 1.30. The first-order valence-corrected chi connectivity index (χ1v) is 5.78. The molecule has 0 aliphatic heterocycles. The average Bonchev–Trinajstić information content (AvgIpc) is 2.23. The Labute approximate surface area is 98.0 Å². The van der Waals surface area contributed by atoms with Crippen LogP contribution in [0.15, 0.2) is 22.8 Å². The molecule has 82 valence electrons. The van der Waals surface area contributed by atoms with E-state index >= 15 is 0 Å². The third kappa shape index (κ3) is 5.52. The third-order valence-corrected chi connectivity index (χ3v) is 2.54. The second-order valence-corrected chi connectivity index (χ2v) is 4.16. The minimum atomic E-state index is 0.496. The molecule has 0 saturated carbocycles. The van der Waals surface area contributed by atoms with Crippen LogP contribution in [0.4, 0.5) is 0 Å². The molecule has 0 atom stereocenters. The van der Waals surface area contributed by atoms with Gasteiger partial charge in [0.25, 0.3) is 6.47 Å². The summed E-state index contributed by atoms with van der Waals surface area (Å²) in [6, 6.07) is 3.95. The molecule has 0 N–H and O–H groups in total. The molecule has 1 rings (SSSR count). The second kappa shape index (κ2) is 7.40. The topological polar surface area (TPSA) is 39.2 Å². The van der Waals surface area contributed by atoms with E-state index < -0.39 is 0 Å². The molecule has 0 radical (unpaired) electrons. The van der Waals surface area contributed by atoms with E-state index in [2.05, 4.69) is 25.7 Å². The minimum Gasteiger partial charge on any atom is -0.468 e. The quantitative estimate of drug-likeness (QED) is 0.566. The molecule has 1 aromatic heterocycles. The van der Waals surface area contributed by atoms with Gasteiger partial charge in [-0.05, 0) is 37.8 Å². The lowest BCUT2D eigenvalue weighted by Gasteiger charge is -2.01. The minimum absolute atomic E-state index is 0.496. The number of carbonyl (C=O) groups excluding carboxylic acids is 1. The van der Waals surface area contributed by atoms with Crippen LogP contribution in [0.3, 0.4) is 0 Å². The van der Waals surface area contributed by atoms with Crippen LogP contribution >= 0.6 is 15.9 Å². The van der Waals surface area contributed by atoms with E-state index in [1.807, 2.05) is 12.1 Å². The second-order valence-electron chi connectivity index (χ2n) is 3.24. The molecule has 0 unspecified atom stereocenters. The zero-order chi connectivity index (χ0) is 10.9. The number of halogens is 1. The molecule has 15 heavy (non-hydrogen) atoms. The first-order chi connectivity index (χ1) is 7.33. The maximum atomic E-state index is 9.86. The molecule has 4 heteroatoms. The molecule has 0 saturated heterocycles. The standard InChI is InChI=1S/C11H14BrNO2/c12-10-5-6-13-11(8-10)4-2-1-3-7-15-9-14/h5-6,8-9H,1-4,7H2. The summed E-state index contributed by atoms with van der Waals surface area (Å²) in [5.74, 6) is 0. The normalized spacial score (nSPS) is 9.93. The lowest BCUT2D eigenvalue weighted by atomic mass is 10.1. The van der Waals surface area contributed by atoms with Crippen LogP contribution in [-0.4, -0.2) is 18.1 Å². The van der Waals surface area contributed by atoms with Crippen molar-refractivity contribution < 1.29 is 9.53 Å². The van der Waals surface area contributed by atoms with Gasteiger partial charge in [-0.2, -0.15) is 0 Å². The SMILES string of the molecule is O=COCCCCCc1cc(Br)ccn1. The summed E-state index contributed by atoms with van der Waals surface area (Å²) in [5.41, 5.74) is 1.10. The first-order valence-electron chi connectivity index (χ1n) is 4.98. The van der Waals surface area contributed by atoms with E-state index in [-0.39, 0.29) is 0 Å². The number of ether oxygens (including phenoxy) is 1. The number of rotatable bonds is 7. The molecule has 0 fully saturated rings. The summed E-state index contributed by atoms with van der Waals surface area (Å²) >= 11 is 3.41. The summed E-state index contributed by atoms with van der Waals surface area (Å²) in [7, 11) is 0. The van der Waals surface area contributed by atoms with Crippen molar-refractivity contribution in [2.45, 2.75) is 25.7 Å². The van der Waals surface area contributed by atoms with E-state index in [9.17, 15) is 4.79 Å². The van der Waals surface area contributed by atoms with Crippen molar-refractivity contribution in [3.8, 4) is 0 Å². The summed E-state index contributed by atoms with van der Waals surface area (Å²) < 4.78 is 5.67. The van der Waals surface area contributed by atoms with Gasteiger partial charge in [-0.25, -0.2) is 0 Å². The summed E-state index contributed by atoms with van der Waals surface area (Å²) in [5, 5.41) is 0. The lowest BCUT2D eigenvalue weighted by Crippen LogP contribution is -1.94. The molecule has 0 aromatic carbocycles. The number of hydrogen-bond acceptors (Lipinski definition) is 3. The van der Waals surface area contributed by atoms with Gasteiger partial charge in [0.1, 0.15) is 0 Å². The highest BCUT2D eigenvalue weighted by Crippen LogP contribution is 2.11. The predicted molar refractivity (Wildman–Crippen MR) is 61.5 cm³/mol. The lowest BCUT2D eigenvalue weighted by molar-refractivity contribution is -0.128. The monoisotopic (exact) mass is 271 g/mol. The Morgan fingerprint density at radius 3 is 3.00 bits per heavy atom. The fraction of sp³-hybridized carbons (Fsp3) is 0.455. The zero-order valence-electron chi connectivity index (χ0n) is 8.49. The number of hydrogen-bond donors (Lipinski definition) is 0. The van der Waals surface area contributed by atoms with Gasteiger partial charge >= 0.3 is 0 Å². The maximum Gasteiger partial charge on any atom is 0.293 e. The number of carbonyl (C=O) groups is 1. The number of aromatic nitrogens is 1. The van der Waals surface area contributed by atoms with Crippen molar-refractivity contribution >= 4 is 22.4 Å². The van der Waals surface area contributed by atoms with Gasteiger partial charge in [0.2, 0.25) is 0 Å². The van der Waals surface area contributed by atoms with Crippen molar-refractivity contribution in [2.75, 3.05) is 6.61 Å². The molecule has 0 aliphatic carbocycles. The average molecular weight is 272 g/mol.